The maximum atomic E-state index is 13.0. The standard InChI is InChI=1S/C25H38N6O6/c1-25(2,3)23(26-14-18(32)13-22(34)35)24-27-28-29-31(24)9-6-7-21(33)30-10-8-16-11-19(36-4)20(37-5)12-17(16)15-30/h11-12,18,23,26,32H,6-10,13-15H2,1-5H3,(H,34,35). The molecule has 1 aromatic heterocycles. The Kier molecular flexibility index (Phi) is 9.44. The van der Waals surface area contributed by atoms with Crippen LogP contribution in [0, 0.1) is 5.41 Å². The number of methoxy groups -OCH3 is 2. The summed E-state index contributed by atoms with van der Waals surface area (Å²) in [5.41, 5.74) is 1.91. The predicted octanol–water partition coefficient (Wildman–Crippen LogP) is 1.57. The number of ether oxygens (including phenoxy) is 2. The quantitative estimate of drug-likeness (QED) is 0.377. The summed E-state index contributed by atoms with van der Waals surface area (Å²) in [7, 11) is 3.21. The third-order valence-electron chi connectivity index (χ3n) is 6.48. The van der Waals surface area contributed by atoms with E-state index in [9.17, 15) is 14.7 Å². The molecule has 3 rings (SSSR count). The SMILES string of the molecule is COc1cc2c(cc1OC)CN(C(=O)CCCn1nnnc1C(NCC(O)CC(=O)O)C(C)(C)C)CC2. The van der Waals surface area contributed by atoms with Gasteiger partial charge in [-0.3, -0.25) is 9.59 Å². The number of aromatic nitrogens is 4. The summed E-state index contributed by atoms with van der Waals surface area (Å²) in [5.74, 6) is 0.928. The van der Waals surface area contributed by atoms with Gasteiger partial charge < -0.3 is 29.9 Å². The minimum absolute atomic E-state index is 0.0670. The number of rotatable bonds is 12. The average molecular weight is 519 g/mol. The number of benzene rings is 1. The van der Waals surface area contributed by atoms with Crippen molar-refractivity contribution in [3.05, 3.63) is 29.1 Å². The number of aliphatic hydroxyl groups is 1. The fraction of sp³-hybridized carbons (Fsp3) is 0.640. The van der Waals surface area contributed by atoms with Gasteiger partial charge in [0.25, 0.3) is 0 Å². The average Bonchev–Trinajstić information content (AvgIpc) is 3.29. The monoisotopic (exact) mass is 518 g/mol. The number of nitrogens with zero attached hydrogens (tertiary/aromatic N) is 5. The Bertz CT molecular complexity index is 1080. The second-order valence-corrected chi connectivity index (χ2v) is 10.4. The van der Waals surface area contributed by atoms with Gasteiger partial charge in [0.15, 0.2) is 17.3 Å². The molecule has 37 heavy (non-hydrogen) atoms. The summed E-state index contributed by atoms with van der Waals surface area (Å²) in [6.45, 7) is 7.74. The van der Waals surface area contributed by atoms with Gasteiger partial charge in [-0.25, -0.2) is 4.68 Å². The van der Waals surface area contributed by atoms with Crippen LogP contribution in [0.4, 0.5) is 0 Å². The number of carboxylic acids is 1. The van der Waals surface area contributed by atoms with Crippen LogP contribution in [0.5, 0.6) is 11.5 Å². The number of nitrogens with one attached hydrogen (secondary N) is 1. The molecule has 0 bridgehead atoms. The van der Waals surface area contributed by atoms with Gasteiger partial charge in [0.2, 0.25) is 5.91 Å². The number of amides is 1. The first kappa shape index (κ1) is 28.3. The minimum atomic E-state index is -1.06. The van der Waals surface area contributed by atoms with Gasteiger partial charge in [0, 0.05) is 32.6 Å². The van der Waals surface area contributed by atoms with Crippen LogP contribution in [-0.4, -0.2) is 80.6 Å². The van der Waals surface area contributed by atoms with Gasteiger partial charge in [-0.15, -0.1) is 5.10 Å². The molecular formula is C25H38N6O6. The highest BCUT2D eigenvalue weighted by atomic mass is 16.5. The number of aryl methyl sites for hydroxylation is 1. The zero-order valence-electron chi connectivity index (χ0n) is 22.2. The van der Waals surface area contributed by atoms with Gasteiger partial charge in [-0.05, 0) is 51.9 Å². The molecule has 12 heteroatoms. The van der Waals surface area contributed by atoms with E-state index in [0.717, 1.165) is 17.5 Å². The third-order valence-corrected chi connectivity index (χ3v) is 6.48. The molecule has 1 aliphatic rings. The van der Waals surface area contributed by atoms with E-state index >= 15 is 0 Å². The number of tetrazole rings is 1. The van der Waals surface area contributed by atoms with E-state index in [1.165, 1.54) is 0 Å². The van der Waals surface area contributed by atoms with E-state index in [2.05, 4.69) is 20.8 Å². The summed E-state index contributed by atoms with van der Waals surface area (Å²) >= 11 is 0. The Hall–Kier alpha value is -3.25. The van der Waals surface area contributed by atoms with Gasteiger partial charge in [0.1, 0.15) is 0 Å². The highest BCUT2D eigenvalue weighted by Crippen LogP contribution is 2.34. The van der Waals surface area contributed by atoms with Gasteiger partial charge in [-0.1, -0.05) is 20.8 Å². The molecule has 0 radical (unpaired) electrons. The lowest BCUT2D eigenvalue weighted by Gasteiger charge is -2.31. The number of carboxylic acid groups (broad SMARTS) is 1. The van der Waals surface area contributed by atoms with Crippen molar-refractivity contribution in [2.45, 2.75) is 71.7 Å². The fourth-order valence-electron chi connectivity index (χ4n) is 4.52. The lowest BCUT2D eigenvalue weighted by Crippen LogP contribution is -2.39. The molecule has 0 aliphatic carbocycles. The number of carbonyl (C=O) groups excluding carboxylic acids is 1. The Balaban J connectivity index is 1.59. The molecule has 12 nitrogen and oxygen atoms in total. The summed E-state index contributed by atoms with van der Waals surface area (Å²) < 4.78 is 12.5. The van der Waals surface area contributed by atoms with Crippen LogP contribution >= 0.6 is 0 Å². The molecule has 3 N–H and O–H groups in total. The Morgan fingerprint density at radius 2 is 1.84 bits per heavy atom. The molecular weight excluding hydrogens is 480 g/mol. The largest absolute Gasteiger partial charge is 0.493 e. The summed E-state index contributed by atoms with van der Waals surface area (Å²) in [4.78, 5) is 25.7. The van der Waals surface area contributed by atoms with Crippen LogP contribution in [-0.2, 0) is 29.1 Å². The maximum absolute atomic E-state index is 13.0. The predicted molar refractivity (Wildman–Crippen MR) is 134 cm³/mol. The van der Waals surface area contributed by atoms with E-state index in [-0.39, 0.29) is 30.3 Å². The molecule has 0 spiro atoms. The summed E-state index contributed by atoms with van der Waals surface area (Å²) in [6.07, 6.45) is 0.293. The van der Waals surface area contributed by atoms with E-state index in [1.54, 1.807) is 18.9 Å². The third kappa shape index (κ3) is 7.39. The van der Waals surface area contributed by atoms with Crippen molar-refractivity contribution >= 4 is 11.9 Å². The number of hydrogen-bond acceptors (Lipinski definition) is 9. The number of carbonyl (C=O) groups is 2. The van der Waals surface area contributed by atoms with E-state index in [4.69, 9.17) is 14.6 Å². The lowest BCUT2D eigenvalue weighted by molar-refractivity contribution is -0.139. The number of aliphatic carboxylic acids is 1. The van der Waals surface area contributed by atoms with Crippen LogP contribution in [0.15, 0.2) is 12.1 Å². The van der Waals surface area contributed by atoms with Crippen molar-refractivity contribution in [1.29, 1.82) is 0 Å². The summed E-state index contributed by atoms with van der Waals surface area (Å²) in [5, 5.41) is 34.2. The van der Waals surface area contributed by atoms with Crippen LogP contribution in [0.1, 0.15) is 63.0 Å². The zero-order chi connectivity index (χ0) is 27.2. The summed E-state index contributed by atoms with van der Waals surface area (Å²) in [6, 6.07) is 3.59. The molecule has 2 aromatic rings. The lowest BCUT2D eigenvalue weighted by atomic mass is 9.86. The Morgan fingerprint density at radius 1 is 1.16 bits per heavy atom. The second-order valence-electron chi connectivity index (χ2n) is 10.4. The fourth-order valence-corrected chi connectivity index (χ4v) is 4.52. The molecule has 0 saturated carbocycles. The van der Waals surface area contributed by atoms with Crippen LogP contribution in [0.25, 0.3) is 0 Å². The molecule has 2 atom stereocenters. The molecule has 1 amide bonds. The van der Waals surface area contributed by atoms with Crippen molar-refractivity contribution in [1.82, 2.24) is 30.4 Å². The van der Waals surface area contributed by atoms with Crippen molar-refractivity contribution in [2.75, 3.05) is 27.3 Å². The first-order valence-corrected chi connectivity index (χ1v) is 12.4. The van der Waals surface area contributed by atoms with Gasteiger partial charge >= 0.3 is 5.97 Å². The van der Waals surface area contributed by atoms with Gasteiger partial charge in [-0.2, -0.15) is 0 Å². The molecule has 0 fully saturated rings. The van der Waals surface area contributed by atoms with Crippen molar-refractivity contribution in [3.8, 4) is 11.5 Å². The molecule has 204 valence electrons. The Morgan fingerprint density at radius 3 is 2.46 bits per heavy atom. The van der Waals surface area contributed by atoms with Gasteiger partial charge in [0.05, 0.1) is 32.8 Å². The highest BCUT2D eigenvalue weighted by Gasteiger charge is 2.31. The smallest absolute Gasteiger partial charge is 0.306 e. The normalized spacial score (nSPS) is 15.1. The van der Waals surface area contributed by atoms with E-state index < -0.39 is 12.1 Å². The second kappa shape index (κ2) is 12.3. The van der Waals surface area contributed by atoms with Crippen LogP contribution < -0.4 is 14.8 Å². The molecule has 1 aromatic carbocycles. The first-order valence-electron chi connectivity index (χ1n) is 12.4. The maximum Gasteiger partial charge on any atom is 0.306 e. The number of fused-ring (bicyclic) bond motifs is 1. The zero-order valence-corrected chi connectivity index (χ0v) is 22.2. The topological polar surface area (TPSA) is 152 Å². The molecule has 2 unspecified atom stereocenters. The first-order chi connectivity index (χ1) is 17.5. The van der Waals surface area contributed by atoms with Crippen LogP contribution in [0.3, 0.4) is 0 Å². The van der Waals surface area contributed by atoms with Crippen molar-refractivity contribution in [3.63, 3.8) is 0 Å². The van der Waals surface area contributed by atoms with E-state index in [1.807, 2.05) is 37.8 Å². The Labute approximate surface area is 216 Å². The highest BCUT2D eigenvalue weighted by molar-refractivity contribution is 5.76. The minimum Gasteiger partial charge on any atom is -0.493 e. The van der Waals surface area contributed by atoms with Crippen molar-refractivity contribution < 1.29 is 29.3 Å². The van der Waals surface area contributed by atoms with E-state index in [0.29, 0.717) is 49.8 Å². The van der Waals surface area contributed by atoms with Crippen molar-refractivity contribution in [2.24, 2.45) is 5.41 Å². The molecule has 1 aliphatic heterocycles. The van der Waals surface area contributed by atoms with Crippen LogP contribution in [0.2, 0.25) is 0 Å². The molecule has 0 saturated heterocycles. The molecule has 2 heterocycles. The number of aliphatic hydroxyl groups excluding tert-OH is 1. The number of hydrogen-bond donors (Lipinski definition) is 3.